The van der Waals surface area contributed by atoms with Crippen LogP contribution in [0.5, 0.6) is 0 Å². The highest BCUT2D eigenvalue weighted by atomic mass is 35.5. The Morgan fingerprint density at radius 2 is 2.12 bits per heavy atom. The number of benzene rings is 1. The van der Waals surface area contributed by atoms with Crippen LogP contribution in [0.1, 0.15) is 42.5 Å². The highest BCUT2D eigenvalue weighted by Gasteiger charge is 2.26. The van der Waals surface area contributed by atoms with Crippen LogP contribution >= 0.6 is 11.6 Å². The van der Waals surface area contributed by atoms with Gasteiger partial charge < -0.3 is 20.6 Å². The molecular weight excluding hydrogens is 452 g/mol. The molecule has 1 saturated heterocycles. The van der Waals surface area contributed by atoms with Crippen LogP contribution in [0.25, 0.3) is 0 Å². The molecule has 2 aliphatic heterocycles. The van der Waals surface area contributed by atoms with Crippen molar-refractivity contribution >= 4 is 29.3 Å². The highest BCUT2D eigenvalue weighted by Crippen LogP contribution is 2.24. The van der Waals surface area contributed by atoms with Gasteiger partial charge in [-0.05, 0) is 74.2 Å². The molecule has 2 aromatic rings. The number of carboxylic acid groups (broad SMARTS) is 1. The van der Waals surface area contributed by atoms with Gasteiger partial charge >= 0.3 is 5.97 Å². The maximum Gasteiger partial charge on any atom is 0.326 e. The van der Waals surface area contributed by atoms with Gasteiger partial charge in [0.25, 0.3) is 0 Å². The van der Waals surface area contributed by atoms with Gasteiger partial charge in [0.15, 0.2) is 0 Å². The van der Waals surface area contributed by atoms with Crippen LogP contribution in [-0.4, -0.2) is 59.1 Å². The van der Waals surface area contributed by atoms with Gasteiger partial charge in [0.1, 0.15) is 11.9 Å². The third kappa shape index (κ3) is 6.70. The fourth-order valence-electron chi connectivity index (χ4n) is 4.84. The van der Waals surface area contributed by atoms with E-state index in [-0.39, 0.29) is 12.3 Å². The van der Waals surface area contributed by atoms with Crippen LogP contribution in [0.2, 0.25) is 5.02 Å². The average molecular weight is 485 g/mol. The summed E-state index contributed by atoms with van der Waals surface area (Å²) in [5.74, 6) is 0.305. The predicted octanol–water partition coefficient (Wildman–Crippen LogP) is 3.55. The van der Waals surface area contributed by atoms with Crippen molar-refractivity contribution in [1.82, 2.24) is 15.2 Å². The van der Waals surface area contributed by atoms with E-state index >= 15 is 0 Å². The minimum absolute atomic E-state index is 0.0709. The van der Waals surface area contributed by atoms with Crippen LogP contribution in [0.4, 0.5) is 5.82 Å². The Balaban J connectivity index is 1.20. The summed E-state index contributed by atoms with van der Waals surface area (Å²) in [5, 5.41) is 16.2. The molecule has 2 atom stereocenters. The number of anilines is 1. The molecule has 0 radical (unpaired) electrons. The molecule has 3 heterocycles. The van der Waals surface area contributed by atoms with Crippen LogP contribution in [0.3, 0.4) is 0 Å². The summed E-state index contributed by atoms with van der Waals surface area (Å²) in [6, 6.07) is 10.6. The van der Waals surface area contributed by atoms with E-state index < -0.39 is 12.0 Å². The van der Waals surface area contributed by atoms with E-state index in [1.165, 1.54) is 12.0 Å². The zero-order valence-corrected chi connectivity index (χ0v) is 20.2. The zero-order chi connectivity index (χ0) is 23.9. The number of amides is 1. The lowest BCUT2D eigenvalue weighted by molar-refractivity contribution is -0.142. The van der Waals surface area contributed by atoms with Gasteiger partial charge in [-0.3, -0.25) is 4.79 Å². The summed E-state index contributed by atoms with van der Waals surface area (Å²) in [5.41, 5.74) is 3.14. The van der Waals surface area contributed by atoms with Crippen LogP contribution < -0.4 is 10.6 Å². The van der Waals surface area contributed by atoms with Crippen molar-refractivity contribution in [1.29, 1.82) is 0 Å². The molecule has 1 unspecified atom stereocenters. The molecule has 0 spiro atoms. The summed E-state index contributed by atoms with van der Waals surface area (Å²) in [6.45, 7) is 3.58. The Morgan fingerprint density at radius 1 is 1.26 bits per heavy atom. The Labute approximate surface area is 205 Å². The number of fused-ring (bicyclic) bond motifs is 1. The average Bonchev–Trinajstić information content (AvgIpc) is 3.29. The van der Waals surface area contributed by atoms with E-state index in [4.69, 9.17) is 16.6 Å². The number of rotatable bonds is 10. The van der Waals surface area contributed by atoms with Crippen LogP contribution in [0, 0.1) is 5.92 Å². The third-order valence-corrected chi connectivity index (χ3v) is 7.18. The summed E-state index contributed by atoms with van der Waals surface area (Å²) in [7, 11) is 0. The molecule has 8 heteroatoms. The SMILES string of the molecule is O=C(Cc1ccccc1Cl)NC(CCN1CC[C@@H](CCc2ccc3c(n2)NCCC3)C1)C(=O)O. The van der Waals surface area contributed by atoms with Gasteiger partial charge in [0.2, 0.25) is 5.91 Å². The minimum atomic E-state index is -1.00. The van der Waals surface area contributed by atoms with Gasteiger partial charge in [-0.25, -0.2) is 9.78 Å². The van der Waals surface area contributed by atoms with Crippen molar-refractivity contribution in [2.75, 3.05) is 31.5 Å². The summed E-state index contributed by atoms with van der Waals surface area (Å²) < 4.78 is 0. The largest absolute Gasteiger partial charge is 0.480 e. The Morgan fingerprint density at radius 3 is 2.94 bits per heavy atom. The topological polar surface area (TPSA) is 94.6 Å². The third-order valence-electron chi connectivity index (χ3n) is 6.81. The number of aryl methyl sites for hydroxylation is 2. The number of halogens is 1. The number of carbonyl (C=O) groups excluding carboxylic acids is 1. The molecule has 1 fully saturated rings. The first kappa shape index (κ1) is 24.5. The van der Waals surface area contributed by atoms with E-state index in [2.05, 4.69) is 27.7 Å². The smallest absolute Gasteiger partial charge is 0.326 e. The maximum absolute atomic E-state index is 12.4. The molecule has 4 rings (SSSR count). The summed E-state index contributed by atoms with van der Waals surface area (Å²) >= 11 is 6.11. The number of likely N-dealkylation sites (tertiary alicyclic amines) is 1. The number of pyridine rings is 1. The Kier molecular flexibility index (Phi) is 8.40. The van der Waals surface area contributed by atoms with Gasteiger partial charge in [0.05, 0.1) is 6.42 Å². The van der Waals surface area contributed by atoms with Gasteiger partial charge in [-0.15, -0.1) is 0 Å². The molecule has 0 bridgehead atoms. The van der Waals surface area contributed by atoms with Crippen molar-refractivity contribution in [3.63, 3.8) is 0 Å². The standard InChI is InChI=1S/C26H33ClN4O3/c27-22-6-2-1-4-20(22)16-24(32)30-23(26(33)34)12-15-31-14-11-18(17-31)7-9-21-10-8-19-5-3-13-28-25(19)29-21/h1-2,4,6,8,10,18,23H,3,5,7,9,11-17H2,(H,28,29)(H,30,32)(H,33,34)/t18-,23?/m1/s1. The minimum Gasteiger partial charge on any atom is -0.480 e. The molecule has 3 N–H and O–H groups in total. The molecule has 0 aliphatic carbocycles. The summed E-state index contributed by atoms with van der Waals surface area (Å²) in [6.07, 6.45) is 5.88. The monoisotopic (exact) mass is 484 g/mol. The number of nitrogens with zero attached hydrogens (tertiary/aromatic N) is 2. The molecule has 7 nitrogen and oxygen atoms in total. The van der Waals surface area contributed by atoms with Crippen LogP contribution in [-0.2, 0) is 28.9 Å². The summed E-state index contributed by atoms with van der Waals surface area (Å²) in [4.78, 5) is 31.2. The highest BCUT2D eigenvalue weighted by molar-refractivity contribution is 6.31. The second-order valence-electron chi connectivity index (χ2n) is 9.35. The lowest BCUT2D eigenvalue weighted by Crippen LogP contribution is -2.43. The number of aliphatic carboxylic acids is 1. The zero-order valence-electron chi connectivity index (χ0n) is 19.4. The van der Waals surface area contributed by atoms with Crippen LogP contribution in [0.15, 0.2) is 36.4 Å². The van der Waals surface area contributed by atoms with Gasteiger partial charge in [-0.2, -0.15) is 0 Å². The first-order chi connectivity index (χ1) is 16.5. The molecule has 34 heavy (non-hydrogen) atoms. The molecule has 1 amide bonds. The first-order valence-electron chi connectivity index (χ1n) is 12.2. The molecule has 2 aliphatic rings. The number of aromatic nitrogens is 1. The normalized spacial score (nSPS) is 18.7. The number of hydrogen-bond donors (Lipinski definition) is 3. The molecule has 0 saturated carbocycles. The van der Waals surface area contributed by atoms with Crippen molar-refractivity contribution in [2.45, 2.75) is 51.0 Å². The van der Waals surface area contributed by atoms with Crippen molar-refractivity contribution in [3.8, 4) is 0 Å². The van der Waals surface area contributed by atoms with Crippen molar-refractivity contribution in [2.24, 2.45) is 5.92 Å². The fraction of sp³-hybridized carbons (Fsp3) is 0.500. The first-order valence-corrected chi connectivity index (χ1v) is 12.6. The Bertz CT molecular complexity index is 1020. The second kappa shape index (κ2) is 11.7. The van der Waals surface area contributed by atoms with Gasteiger partial charge in [-0.1, -0.05) is 35.9 Å². The predicted molar refractivity (Wildman–Crippen MR) is 133 cm³/mol. The van der Waals surface area contributed by atoms with E-state index in [1.807, 2.05) is 6.07 Å². The quantitative estimate of drug-likeness (QED) is 0.477. The van der Waals surface area contributed by atoms with E-state index in [1.54, 1.807) is 18.2 Å². The van der Waals surface area contributed by atoms with Crippen molar-refractivity contribution < 1.29 is 14.7 Å². The lowest BCUT2D eigenvalue weighted by Gasteiger charge is -2.20. The number of carboxylic acids is 1. The van der Waals surface area contributed by atoms with Crippen molar-refractivity contribution in [3.05, 3.63) is 58.2 Å². The molecule has 1 aromatic heterocycles. The van der Waals surface area contributed by atoms with E-state index in [0.717, 1.165) is 56.8 Å². The van der Waals surface area contributed by atoms with Gasteiger partial charge in [0, 0.05) is 30.4 Å². The molecule has 182 valence electrons. The second-order valence-corrected chi connectivity index (χ2v) is 9.76. The number of hydrogen-bond acceptors (Lipinski definition) is 5. The van der Waals surface area contributed by atoms with E-state index in [9.17, 15) is 14.7 Å². The Hall–Kier alpha value is -2.64. The number of nitrogens with one attached hydrogen (secondary N) is 2. The van der Waals surface area contributed by atoms with E-state index in [0.29, 0.717) is 29.5 Å². The maximum atomic E-state index is 12.4. The number of carbonyl (C=O) groups is 2. The fourth-order valence-corrected chi connectivity index (χ4v) is 5.04. The lowest BCUT2D eigenvalue weighted by atomic mass is 10.00. The molecule has 1 aromatic carbocycles. The molecular formula is C26H33ClN4O3.